The van der Waals surface area contributed by atoms with Crippen LogP contribution < -0.4 is 0 Å². The molecule has 4 fully saturated rings. The first-order chi connectivity index (χ1) is 12.1. The van der Waals surface area contributed by atoms with E-state index < -0.39 is 0 Å². The zero-order valence-electron chi connectivity index (χ0n) is 16.1. The minimum Gasteiger partial charge on any atom is -0.381 e. The van der Waals surface area contributed by atoms with Gasteiger partial charge in [-0.05, 0) is 64.5 Å². The Hall–Kier alpha value is -0.650. The fourth-order valence-electron chi connectivity index (χ4n) is 5.31. The van der Waals surface area contributed by atoms with Crippen molar-refractivity contribution in [2.45, 2.75) is 58.0 Å². The van der Waals surface area contributed by atoms with Crippen LogP contribution in [0.3, 0.4) is 0 Å². The molecule has 142 valence electrons. The van der Waals surface area contributed by atoms with Gasteiger partial charge in [-0.3, -0.25) is 9.69 Å². The molecule has 0 aromatic rings. The molecule has 1 spiro atoms. The highest BCUT2D eigenvalue weighted by molar-refractivity contribution is 5.83. The van der Waals surface area contributed by atoms with Gasteiger partial charge in [-0.25, -0.2) is 0 Å². The normalized spacial score (nSPS) is 31.6. The van der Waals surface area contributed by atoms with Gasteiger partial charge in [-0.15, -0.1) is 0 Å². The highest BCUT2D eigenvalue weighted by Crippen LogP contribution is 2.60. The third kappa shape index (κ3) is 3.60. The molecule has 0 aromatic carbocycles. The van der Waals surface area contributed by atoms with Gasteiger partial charge in [0.2, 0.25) is 5.91 Å². The minimum atomic E-state index is 0.329. The summed E-state index contributed by atoms with van der Waals surface area (Å²) in [5, 5.41) is 0. The van der Waals surface area contributed by atoms with Crippen molar-refractivity contribution >= 4 is 5.91 Å². The van der Waals surface area contributed by atoms with Crippen molar-refractivity contribution in [2.24, 2.45) is 11.3 Å². The topological polar surface area (TPSA) is 36.0 Å². The molecule has 25 heavy (non-hydrogen) atoms. The van der Waals surface area contributed by atoms with Crippen molar-refractivity contribution in [3.8, 4) is 0 Å². The Balaban J connectivity index is 1.25. The van der Waals surface area contributed by atoms with Crippen LogP contribution in [-0.4, -0.2) is 85.2 Å². The van der Waals surface area contributed by atoms with Crippen LogP contribution in [0.25, 0.3) is 0 Å². The number of amides is 1. The van der Waals surface area contributed by atoms with E-state index >= 15 is 0 Å². The van der Waals surface area contributed by atoms with Crippen LogP contribution in [0.1, 0.15) is 46.0 Å². The van der Waals surface area contributed by atoms with Crippen molar-refractivity contribution in [2.75, 3.05) is 52.5 Å². The van der Waals surface area contributed by atoms with Gasteiger partial charge in [0.05, 0.1) is 0 Å². The van der Waals surface area contributed by atoms with Crippen molar-refractivity contribution in [1.29, 1.82) is 0 Å². The van der Waals surface area contributed by atoms with E-state index in [0.29, 0.717) is 23.3 Å². The number of carbonyl (C=O) groups is 1. The van der Waals surface area contributed by atoms with Crippen LogP contribution in [0.4, 0.5) is 0 Å². The number of nitrogens with zero attached hydrogens (tertiary/aromatic N) is 3. The van der Waals surface area contributed by atoms with E-state index in [1.54, 1.807) is 0 Å². The molecule has 0 aromatic heterocycles. The molecule has 1 atom stereocenters. The lowest BCUT2D eigenvalue weighted by atomic mass is 9.89. The van der Waals surface area contributed by atoms with E-state index in [-0.39, 0.29) is 0 Å². The summed E-state index contributed by atoms with van der Waals surface area (Å²) >= 11 is 0. The Morgan fingerprint density at radius 3 is 2.24 bits per heavy atom. The second-order valence-electron chi connectivity index (χ2n) is 8.95. The van der Waals surface area contributed by atoms with E-state index in [1.807, 2.05) is 0 Å². The molecule has 1 aliphatic carbocycles. The average molecular weight is 350 g/mol. The minimum absolute atomic E-state index is 0.329. The molecule has 3 aliphatic heterocycles. The summed E-state index contributed by atoms with van der Waals surface area (Å²) in [5.74, 6) is 0.790. The van der Waals surface area contributed by atoms with Gasteiger partial charge in [0.25, 0.3) is 0 Å². The van der Waals surface area contributed by atoms with E-state index in [1.165, 1.54) is 38.8 Å². The molecule has 0 unspecified atom stereocenters. The predicted molar refractivity (Wildman–Crippen MR) is 98.5 cm³/mol. The van der Waals surface area contributed by atoms with E-state index in [9.17, 15) is 4.79 Å². The maximum Gasteiger partial charge on any atom is 0.226 e. The SMILES string of the molecule is CC(C)N1CCN(C(=O)[C@@H]2CC23CCN(C2CCOCC2)CC3)CC1. The maximum absolute atomic E-state index is 13.0. The molecule has 3 saturated heterocycles. The molecule has 0 N–H and O–H groups in total. The lowest BCUT2D eigenvalue weighted by Gasteiger charge is -2.40. The molecule has 4 aliphatic rings. The molecular weight excluding hydrogens is 314 g/mol. The van der Waals surface area contributed by atoms with Crippen LogP contribution in [0.5, 0.6) is 0 Å². The number of piperidine rings is 1. The standard InChI is InChI=1S/C20H35N3O2/c1-16(2)21-9-11-23(12-10-21)19(24)18-15-20(18)5-7-22(8-6-20)17-3-13-25-14-4-17/h16-18H,3-15H2,1-2H3/t18-/m0/s1. The van der Waals surface area contributed by atoms with Crippen LogP contribution in [0.15, 0.2) is 0 Å². The lowest BCUT2D eigenvalue weighted by molar-refractivity contribution is -0.135. The summed E-state index contributed by atoms with van der Waals surface area (Å²) in [6, 6.07) is 1.32. The fraction of sp³-hybridized carbons (Fsp3) is 0.950. The quantitative estimate of drug-likeness (QED) is 0.779. The Labute approximate surface area is 152 Å². The summed E-state index contributed by atoms with van der Waals surface area (Å²) in [6.07, 6.45) is 5.99. The summed E-state index contributed by atoms with van der Waals surface area (Å²) in [4.78, 5) is 20.3. The monoisotopic (exact) mass is 349 g/mol. The van der Waals surface area contributed by atoms with E-state index in [2.05, 4.69) is 28.5 Å². The second-order valence-corrected chi connectivity index (χ2v) is 8.95. The molecular formula is C20H35N3O2. The number of rotatable bonds is 3. The van der Waals surface area contributed by atoms with Crippen molar-refractivity contribution < 1.29 is 9.53 Å². The number of carbonyl (C=O) groups excluding carboxylic acids is 1. The van der Waals surface area contributed by atoms with Crippen molar-refractivity contribution in [1.82, 2.24) is 14.7 Å². The largest absolute Gasteiger partial charge is 0.381 e. The Morgan fingerprint density at radius 1 is 1.00 bits per heavy atom. The fourth-order valence-corrected chi connectivity index (χ4v) is 5.31. The summed E-state index contributed by atoms with van der Waals surface area (Å²) in [5.41, 5.74) is 0.355. The molecule has 4 rings (SSSR count). The van der Waals surface area contributed by atoms with Gasteiger partial charge in [0.15, 0.2) is 0 Å². The molecule has 1 saturated carbocycles. The first-order valence-corrected chi connectivity index (χ1v) is 10.4. The number of ether oxygens (including phenoxy) is 1. The van der Waals surface area contributed by atoms with Gasteiger partial charge >= 0.3 is 0 Å². The number of hydrogen-bond donors (Lipinski definition) is 0. The zero-order valence-corrected chi connectivity index (χ0v) is 16.1. The highest BCUT2D eigenvalue weighted by atomic mass is 16.5. The van der Waals surface area contributed by atoms with Gasteiger partial charge in [-0.2, -0.15) is 0 Å². The smallest absolute Gasteiger partial charge is 0.226 e. The summed E-state index contributed by atoms with van der Waals surface area (Å²) in [7, 11) is 0. The molecule has 0 radical (unpaired) electrons. The lowest BCUT2D eigenvalue weighted by Crippen LogP contribution is -2.51. The predicted octanol–water partition coefficient (Wildman–Crippen LogP) is 1.82. The van der Waals surface area contributed by atoms with Crippen LogP contribution in [0.2, 0.25) is 0 Å². The third-order valence-electron chi connectivity index (χ3n) is 7.35. The first-order valence-electron chi connectivity index (χ1n) is 10.4. The van der Waals surface area contributed by atoms with Crippen LogP contribution >= 0.6 is 0 Å². The maximum atomic E-state index is 13.0. The molecule has 5 nitrogen and oxygen atoms in total. The van der Waals surface area contributed by atoms with E-state index in [0.717, 1.165) is 51.9 Å². The number of piperazine rings is 1. The van der Waals surface area contributed by atoms with Gasteiger partial charge in [0, 0.05) is 57.4 Å². The Bertz CT molecular complexity index is 473. The van der Waals surface area contributed by atoms with Crippen molar-refractivity contribution in [3.05, 3.63) is 0 Å². The summed E-state index contributed by atoms with van der Waals surface area (Å²) < 4.78 is 5.50. The van der Waals surface area contributed by atoms with Gasteiger partial charge in [-0.1, -0.05) is 0 Å². The number of likely N-dealkylation sites (tertiary alicyclic amines) is 1. The Morgan fingerprint density at radius 2 is 1.64 bits per heavy atom. The molecule has 5 heteroatoms. The molecule has 0 bridgehead atoms. The van der Waals surface area contributed by atoms with Crippen LogP contribution in [0, 0.1) is 11.3 Å². The summed E-state index contributed by atoms with van der Waals surface area (Å²) in [6.45, 7) is 12.7. The van der Waals surface area contributed by atoms with Gasteiger partial charge < -0.3 is 14.5 Å². The molecule has 3 heterocycles. The Kier molecular flexibility index (Phi) is 5.09. The molecule has 1 amide bonds. The second kappa shape index (κ2) is 7.16. The number of hydrogen-bond acceptors (Lipinski definition) is 4. The highest BCUT2D eigenvalue weighted by Gasteiger charge is 2.59. The third-order valence-corrected chi connectivity index (χ3v) is 7.35. The van der Waals surface area contributed by atoms with E-state index in [4.69, 9.17) is 4.74 Å². The van der Waals surface area contributed by atoms with Gasteiger partial charge in [0.1, 0.15) is 0 Å². The van der Waals surface area contributed by atoms with Crippen LogP contribution in [-0.2, 0) is 9.53 Å². The van der Waals surface area contributed by atoms with Crippen molar-refractivity contribution in [3.63, 3.8) is 0 Å². The average Bonchev–Trinajstić information content (AvgIpc) is 3.36. The first kappa shape index (κ1) is 17.7. The zero-order chi connectivity index (χ0) is 17.4.